The van der Waals surface area contributed by atoms with E-state index in [1.54, 1.807) is 0 Å². The molecule has 1 aliphatic carbocycles. The molecule has 11 aromatic rings. The third-order valence-electron chi connectivity index (χ3n) is 13.3. The van der Waals surface area contributed by atoms with Gasteiger partial charge < -0.3 is 0 Å². The van der Waals surface area contributed by atoms with Gasteiger partial charge in [0.15, 0.2) is 5.82 Å². The van der Waals surface area contributed by atoms with Crippen molar-refractivity contribution in [1.82, 2.24) is 9.97 Å². The van der Waals surface area contributed by atoms with Crippen molar-refractivity contribution in [3.8, 4) is 78.4 Å². The van der Waals surface area contributed by atoms with Crippen molar-refractivity contribution in [3.63, 3.8) is 0 Å². The summed E-state index contributed by atoms with van der Waals surface area (Å²) in [6, 6.07) is 79.1. The first-order valence-corrected chi connectivity index (χ1v) is 21.8. The van der Waals surface area contributed by atoms with Crippen molar-refractivity contribution in [3.05, 3.63) is 230 Å². The van der Waals surface area contributed by atoms with E-state index in [0.717, 1.165) is 33.5 Å². The monoisotopic (exact) mass is 802 g/mol. The van der Waals surface area contributed by atoms with Crippen LogP contribution >= 0.6 is 0 Å². The Morgan fingerprint density at radius 3 is 1.40 bits per heavy atom. The predicted molar refractivity (Wildman–Crippen MR) is 265 cm³/mol. The summed E-state index contributed by atoms with van der Waals surface area (Å²) >= 11 is 0. The number of fused-ring (bicyclic) bond motifs is 6. The van der Waals surface area contributed by atoms with E-state index in [0.29, 0.717) is 5.82 Å². The molecule has 10 aromatic carbocycles. The van der Waals surface area contributed by atoms with Gasteiger partial charge in [0.1, 0.15) is 0 Å². The Hall–Kier alpha value is -7.94. The van der Waals surface area contributed by atoms with Gasteiger partial charge in [-0.1, -0.05) is 208 Å². The highest BCUT2D eigenvalue weighted by Crippen LogP contribution is 2.51. The van der Waals surface area contributed by atoms with E-state index in [1.807, 2.05) is 18.2 Å². The number of rotatable bonds is 6. The first-order valence-electron chi connectivity index (χ1n) is 21.8. The molecular formula is C61H42N2. The van der Waals surface area contributed by atoms with E-state index < -0.39 is 0 Å². The van der Waals surface area contributed by atoms with E-state index in [9.17, 15) is 0 Å². The molecule has 0 aliphatic heterocycles. The second-order valence-corrected chi connectivity index (χ2v) is 17.3. The maximum absolute atomic E-state index is 5.26. The number of nitrogens with zero attached hydrogens (tertiary/aromatic N) is 2. The van der Waals surface area contributed by atoms with E-state index in [4.69, 9.17) is 9.97 Å². The van der Waals surface area contributed by atoms with Gasteiger partial charge in [-0.25, -0.2) is 9.97 Å². The smallest absolute Gasteiger partial charge is 0.160 e. The average Bonchev–Trinajstić information content (AvgIpc) is 3.57. The molecule has 0 N–H and O–H groups in total. The van der Waals surface area contributed by atoms with Crippen LogP contribution in [0.1, 0.15) is 25.0 Å². The highest BCUT2D eigenvalue weighted by atomic mass is 14.9. The molecule has 63 heavy (non-hydrogen) atoms. The summed E-state index contributed by atoms with van der Waals surface area (Å²) in [6.07, 6.45) is 0. The minimum absolute atomic E-state index is 0.111. The largest absolute Gasteiger partial charge is 0.228 e. The molecular weight excluding hydrogens is 761 g/mol. The first kappa shape index (κ1) is 36.9. The molecule has 0 radical (unpaired) electrons. The molecule has 296 valence electrons. The van der Waals surface area contributed by atoms with Crippen LogP contribution < -0.4 is 0 Å². The van der Waals surface area contributed by atoms with Gasteiger partial charge in [0, 0.05) is 22.1 Å². The topological polar surface area (TPSA) is 25.8 Å². The minimum Gasteiger partial charge on any atom is -0.228 e. The molecule has 0 bridgehead atoms. The van der Waals surface area contributed by atoms with Gasteiger partial charge in [0.05, 0.1) is 11.4 Å². The lowest BCUT2D eigenvalue weighted by Gasteiger charge is -2.22. The molecule has 0 fully saturated rings. The Labute approximate surface area is 367 Å². The van der Waals surface area contributed by atoms with Gasteiger partial charge in [-0.3, -0.25) is 0 Å². The molecule has 0 saturated heterocycles. The van der Waals surface area contributed by atoms with E-state index in [1.165, 1.54) is 82.6 Å². The number of hydrogen-bond acceptors (Lipinski definition) is 2. The summed E-state index contributed by atoms with van der Waals surface area (Å²) in [6.45, 7) is 4.75. The fourth-order valence-electron chi connectivity index (χ4n) is 10.0. The Bertz CT molecular complexity index is 3570. The van der Waals surface area contributed by atoms with E-state index in [2.05, 4.69) is 214 Å². The van der Waals surface area contributed by atoms with Gasteiger partial charge in [0.2, 0.25) is 0 Å². The van der Waals surface area contributed by atoms with Crippen LogP contribution in [-0.2, 0) is 5.41 Å². The van der Waals surface area contributed by atoms with Crippen molar-refractivity contribution < 1.29 is 0 Å². The Kier molecular flexibility index (Phi) is 8.55. The summed E-state index contributed by atoms with van der Waals surface area (Å²) in [5, 5.41) is 7.40. The van der Waals surface area contributed by atoms with Crippen molar-refractivity contribution in [2.45, 2.75) is 19.3 Å². The fraction of sp³-hybridized carbons (Fsp3) is 0.0492. The summed E-state index contributed by atoms with van der Waals surface area (Å²) in [5.74, 6) is 0.706. The maximum atomic E-state index is 5.26. The fourth-order valence-corrected chi connectivity index (χ4v) is 10.0. The zero-order valence-corrected chi connectivity index (χ0v) is 35.2. The van der Waals surface area contributed by atoms with Crippen LogP contribution in [0.15, 0.2) is 218 Å². The van der Waals surface area contributed by atoms with Gasteiger partial charge in [-0.15, -0.1) is 0 Å². The zero-order valence-electron chi connectivity index (χ0n) is 35.2. The molecule has 0 unspecified atom stereocenters. The lowest BCUT2D eigenvalue weighted by molar-refractivity contribution is 0.661. The van der Waals surface area contributed by atoms with Crippen molar-refractivity contribution in [1.29, 1.82) is 0 Å². The summed E-state index contributed by atoms with van der Waals surface area (Å²) < 4.78 is 0. The number of aromatic nitrogens is 2. The van der Waals surface area contributed by atoms with Crippen molar-refractivity contribution >= 4 is 32.3 Å². The summed E-state index contributed by atoms with van der Waals surface area (Å²) in [4.78, 5) is 10.4. The number of benzene rings is 10. The average molecular weight is 803 g/mol. The molecule has 1 aliphatic rings. The quantitative estimate of drug-likeness (QED) is 0.167. The standard InChI is InChI=1S/C61H42N2/c1-61(2)56-37-45(29-30-53(56)55-35-43-19-9-10-20-44(43)36-57(55)61)46-31-32-51(48-22-12-11-21-47(46)48)52-33-34-54(50-24-14-13-23-49(50)52)59-38-58(62-60(63-59)42-17-7-4-8-18-42)41-27-25-40(26-28-41)39-15-5-3-6-16-39/h3-38H,1-2H3. The third kappa shape index (κ3) is 6.17. The Morgan fingerprint density at radius 1 is 0.286 bits per heavy atom. The van der Waals surface area contributed by atoms with Gasteiger partial charge >= 0.3 is 0 Å². The third-order valence-corrected chi connectivity index (χ3v) is 13.3. The maximum Gasteiger partial charge on any atom is 0.160 e. The highest BCUT2D eigenvalue weighted by Gasteiger charge is 2.36. The van der Waals surface area contributed by atoms with E-state index >= 15 is 0 Å². The highest BCUT2D eigenvalue weighted by molar-refractivity contribution is 6.12. The molecule has 1 heterocycles. The lowest BCUT2D eigenvalue weighted by Crippen LogP contribution is -2.15. The van der Waals surface area contributed by atoms with Crippen molar-refractivity contribution in [2.75, 3.05) is 0 Å². The van der Waals surface area contributed by atoms with Gasteiger partial charge in [-0.2, -0.15) is 0 Å². The van der Waals surface area contributed by atoms with Crippen LogP contribution in [0.3, 0.4) is 0 Å². The Morgan fingerprint density at radius 2 is 0.730 bits per heavy atom. The molecule has 0 amide bonds. The minimum atomic E-state index is -0.111. The second kappa shape index (κ2) is 14.6. The summed E-state index contributed by atoms with van der Waals surface area (Å²) in [7, 11) is 0. The van der Waals surface area contributed by atoms with Crippen LogP contribution in [0.5, 0.6) is 0 Å². The van der Waals surface area contributed by atoms with Crippen LogP contribution in [0.25, 0.3) is 111 Å². The van der Waals surface area contributed by atoms with Crippen LogP contribution in [0.4, 0.5) is 0 Å². The number of hydrogen-bond donors (Lipinski definition) is 0. The first-order chi connectivity index (χ1) is 31.0. The van der Waals surface area contributed by atoms with Crippen LogP contribution in [-0.4, -0.2) is 9.97 Å². The van der Waals surface area contributed by atoms with Crippen LogP contribution in [0.2, 0.25) is 0 Å². The lowest BCUT2D eigenvalue weighted by atomic mass is 9.80. The molecule has 0 spiro atoms. The Balaban J connectivity index is 0.966. The van der Waals surface area contributed by atoms with Crippen molar-refractivity contribution in [2.24, 2.45) is 0 Å². The van der Waals surface area contributed by atoms with E-state index in [-0.39, 0.29) is 5.41 Å². The molecule has 12 rings (SSSR count). The van der Waals surface area contributed by atoms with Gasteiger partial charge in [0.25, 0.3) is 0 Å². The molecule has 0 atom stereocenters. The molecule has 0 saturated carbocycles. The molecule has 1 aromatic heterocycles. The summed E-state index contributed by atoms with van der Waals surface area (Å²) in [5.41, 5.74) is 17.5. The molecule has 2 heteroatoms. The zero-order chi connectivity index (χ0) is 42.1. The normalized spacial score (nSPS) is 12.7. The predicted octanol–water partition coefficient (Wildman–Crippen LogP) is 16.2. The van der Waals surface area contributed by atoms with Crippen LogP contribution in [0, 0.1) is 0 Å². The SMILES string of the molecule is CC1(C)c2cc(-c3ccc(-c4ccc(-c5cc(-c6ccc(-c7ccccc7)cc6)nc(-c6ccccc6)n5)c5ccccc45)c4ccccc34)ccc2-c2cc3ccccc3cc21. The second-order valence-electron chi connectivity index (χ2n) is 17.3. The molecule has 2 nitrogen and oxygen atoms in total. The van der Waals surface area contributed by atoms with Gasteiger partial charge in [-0.05, 0) is 112 Å².